The molecule has 2 aromatic heterocycles. The van der Waals surface area contributed by atoms with E-state index in [1.807, 2.05) is 6.07 Å². The topological polar surface area (TPSA) is 53.1 Å². The van der Waals surface area contributed by atoms with Gasteiger partial charge in [0.15, 0.2) is 0 Å². The van der Waals surface area contributed by atoms with Crippen molar-refractivity contribution in [1.29, 1.82) is 0 Å². The average molecular weight is 333 g/mol. The number of aryl methyl sites for hydroxylation is 2. The number of nitrogens with zero attached hydrogens (tertiary/aromatic N) is 2. The van der Waals surface area contributed by atoms with E-state index in [9.17, 15) is 0 Å². The van der Waals surface area contributed by atoms with Crippen molar-refractivity contribution in [2.24, 2.45) is 5.73 Å². The first kappa shape index (κ1) is 16.1. The molecule has 128 valence electrons. The van der Waals surface area contributed by atoms with Gasteiger partial charge in [-0.2, -0.15) is 0 Å². The molecule has 2 aromatic carbocycles. The van der Waals surface area contributed by atoms with E-state index in [2.05, 4.69) is 55.1 Å². The van der Waals surface area contributed by atoms with Crippen molar-refractivity contribution >= 4 is 32.6 Å². The van der Waals surface area contributed by atoms with Crippen LogP contribution in [0.2, 0.25) is 0 Å². The van der Waals surface area contributed by atoms with Crippen LogP contribution in [0, 0.1) is 13.8 Å². The van der Waals surface area contributed by atoms with E-state index in [0.717, 1.165) is 17.6 Å². The van der Waals surface area contributed by atoms with Gasteiger partial charge in [0, 0.05) is 41.6 Å². The Morgan fingerprint density at radius 2 is 1.84 bits per heavy atom. The van der Waals surface area contributed by atoms with Crippen molar-refractivity contribution in [1.82, 2.24) is 9.55 Å². The van der Waals surface area contributed by atoms with Crippen LogP contribution in [-0.2, 0) is 11.3 Å². The van der Waals surface area contributed by atoms with E-state index < -0.39 is 0 Å². The molecule has 0 fully saturated rings. The third kappa shape index (κ3) is 2.68. The number of hydrogen-bond acceptors (Lipinski definition) is 3. The summed E-state index contributed by atoms with van der Waals surface area (Å²) in [5.74, 6) is 0. The highest BCUT2D eigenvalue weighted by molar-refractivity contribution is 6.16. The second kappa shape index (κ2) is 6.47. The summed E-state index contributed by atoms with van der Waals surface area (Å²) in [7, 11) is 0. The fourth-order valence-electron chi connectivity index (χ4n) is 3.66. The molecule has 4 aromatic rings. The maximum atomic E-state index is 5.51. The van der Waals surface area contributed by atoms with E-state index in [-0.39, 0.29) is 0 Å². The average Bonchev–Trinajstić information content (AvgIpc) is 3.03. The van der Waals surface area contributed by atoms with Crippen LogP contribution >= 0.6 is 0 Å². The maximum absolute atomic E-state index is 5.51. The van der Waals surface area contributed by atoms with Crippen LogP contribution in [-0.4, -0.2) is 29.3 Å². The molecule has 4 heteroatoms. The summed E-state index contributed by atoms with van der Waals surface area (Å²) in [5.41, 5.74) is 10.2. The van der Waals surface area contributed by atoms with E-state index in [1.54, 1.807) is 0 Å². The Kier molecular flexibility index (Phi) is 4.15. The minimum atomic E-state index is 0.565. The third-order valence-corrected chi connectivity index (χ3v) is 4.95. The first-order valence-corrected chi connectivity index (χ1v) is 8.75. The molecular formula is C21H23N3O. The van der Waals surface area contributed by atoms with Gasteiger partial charge < -0.3 is 15.0 Å². The Morgan fingerprint density at radius 1 is 1.00 bits per heavy atom. The van der Waals surface area contributed by atoms with Gasteiger partial charge in [-0.1, -0.05) is 18.2 Å². The molecule has 0 spiro atoms. The lowest BCUT2D eigenvalue weighted by Gasteiger charge is -2.13. The zero-order chi connectivity index (χ0) is 17.4. The molecule has 0 aliphatic heterocycles. The van der Waals surface area contributed by atoms with E-state index >= 15 is 0 Å². The van der Waals surface area contributed by atoms with Crippen LogP contribution < -0.4 is 5.73 Å². The molecule has 25 heavy (non-hydrogen) atoms. The van der Waals surface area contributed by atoms with Crippen LogP contribution in [0.3, 0.4) is 0 Å². The normalized spacial score (nSPS) is 11.8. The highest BCUT2D eigenvalue weighted by Gasteiger charge is 2.14. The summed E-state index contributed by atoms with van der Waals surface area (Å²) in [4.78, 5) is 4.88. The number of para-hydroxylation sites is 1. The third-order valence-electron chi connectivity index (χ3n) is 4.95. The van der Waals surface area contributed by atoms with Gasteiger partial charge in [-0.05, 0) is 42.5 Å². The van der Waals surface area contributed by atoms with Gasteiger partial charge in [0.2, 0.25) is 0 Å². The number of benzene rings is 2. The van der Waals surface area contributed by atoms with Crippen molar-refractivity contribution in [2.75, 3.05) is 19.8 Å². The van der Waals surface area contributed by atoms with Crippen molar-refractivity contribution < 1.29 is 4.74 Å². The standard InChI is InChI=1S/C21H23N3O/c1-14-18-13-24(10-12-25-11-8-22)9-7-16(18)15(2)21-20(14)17-5-3-4-6-19(17)23-21/h3-7,9,13H,8,10-12,22H2,1-2H3. The lowest BCUT2D eigenvalue weighted by molar-refractivity contribution is 0.133. The largest absolute Gasteiger partial charge is 0.378 e. The molecule has 0 amide bonds. The van der Waals surface area contributed by atoms with Crippen LogP contribution in [0.1, 0.15) is 11.1 Å². The van der Waals surface area contributed by atoms with Crippen molar-refractivity contribution in [3.05, 3.63) is 53.9 Å². The first-order valence-electron chi connectivity index (χ1n) is 8.75. The molecule has 2 N–H and O–H groups in total. The summed E-state index contributed by atoms with van der Waals surface area (Å²) in [6.07, 6.45) is 4.35. The number of rotatable bonds is 5. The fourth-order valence-corrected chi connectivity index (χ4v) is 3.66. The van der Waals surface area contributed by atoms with Crippen LogP contribution in [0.15, 0.2) is 42.7 Å². The Bertz CT molecular complexity index is 1070. The first-order chi connectivity index (χ1) is 12.2. The lowest BCUT2D eigenvalue weighted by atomic mass is 9.97. The predicted octanol–water partition coefficient (Wildman–Crippen LogP) is 3.93. The van der Waals surface area contributed by atoms with Crippen molar-refractivity contribution in [3.63, 3.8) is 0 Å². The Morgan fingerprint density at radius 3 is 2.68 bits per heavy atom. The van der Waals surface area contributed by atoms with Gasteiger partial charge in [-0.15, -0.1) is 0 Å². The molecule has 2 heterocycles. The number of pyridine rings is 1. The number of aromatic nitrogens is 2. The SMILES string of the molecule is Cc1c2ccn(CCOCCN)cc2c(C)c2c1nc1ccccc12. The molecule has 0 atom stereocenters. The van der Waals surface area contributed by atoms with Gasteiger partial charge in [0.25, 0.3) is 0 Å². The predicted molar refractivity (Wildman–Crippen MR) is 104 cm³/mol. The highest BCUT2D eigenvalue weighted by atomic mass is 16.5. The van der Waals surface area contributed by atoms with Crippen LogP contribution in [0.5, 0.6) is 0 Å². The summed E-state index contributed by atoms with van der Waals surface area (Å²) < 4.78 is 7.70. The molecular weight excluding hydrogens is 310 g/mol. The Balaban J connectivity index is 1.88. The number of fused-ring (bicyclic) bond motifs is 4. The van der Waals surface area contributed by atoms with Gasteiger partial charge in [-0.3, -0.25) is 0 Å². The highest BCUT2D eigenvalue weighted by Crippen LogP contribution is 2.36. The summed E-state index contributed by atoms with van der Waals surface area (Å²) >= 11 is 0. The van der Waals surface area contributed by atoms with Crippen molar-refractivity contribution in [3.8, 4) is 0 Å². The fraction of sp³-hybridized carbons (Fsp3) is 0.286. The quantitative estimate of drug-likeness (QED) is 0.563. The maximum Gasteiger partial charge on any atom is 0.0754 e. The molecule has 0 bridgehead atoms. The molecule has 4 nitrogen and oxygen atoms in total. The number of ether oxygens (including phenoxy) is 1. The monoisotopic (exact) mass is 333 g/mol. The van der Waals surface area contributed by atoms with Crippen LogP contribution in [0.25, 0.3) is 32.6 Å². The van der Waals surface area contributed by atoms with E-state index in [1.165, 1.54) is 32.7 Å². The van der Waals surface area contributed by atoms with Gasteiger partial charge >= 0.3 is 0 Å². The Hall–Kier alpha value is -2.43. The number of hydrogen-bond donors (Lipinski definition) is 1. The smallest absolute Gasteiger partial charge is 0.0754 e. The molecule has 0 unspecified atom stereocenters. The van der Waals surface area contributed by atoms with Crippen molar-refractivity contribution in [2.45, 2.75) is 20.4 Å². The van der Waals surface area contributed by atoms with Crippen LogP contribution in [0.4, 0.5) is 0 Å². The van der Waals surface area contributed by atoms with Gasteiger partial charge in [0.1, 0.15) is 0 Å². The molecule has 0 saturated carbocycles. The molecule has 0 aliphatic carbocycles. The molecule has 0 aliphatic rings. The second-order valence-corrected chi connectivity index (χ2v) is 6.51. The summed E-state index contributed by atoms with van der Waals surface area (Å²) in [5, 5.41) is 5.07. The minimum Gasteiger partial charge on any atom is -0.378 e. The second-order valence-electron chi connectivity index (χ2n) is 6.51. The van der Waals surface area contributed by atoms with E-state index in [4.69, 9.17) is 15.5 Å². The zero-order valence-electron chi connectivity index (χ0n) is 14.7. The molecule has 4 rings (SSSR count). The Labute approximate surface area is 147 Å². The van der Waals surface area contributed by atoms with Gasteiger partial charge in [0.05, 0.1) is 24.2 Å². The molecule has 0 saturated heterocycles. The zero-order valence-corrected chi connectivity index (χ0v) is 14.7. The van der Waals surface area contributed by atoms with Gasteiger partial charge in [-0.25, -0.2) is 4.98 Å². The number of nitrogens with two attached hydrogens (primary N) is 1. The summed E-state index contributed by atoms with van der Waals surface area (Å²) in [6.45, 7) is 7.05. The lowest BCUT2D eigenvalue weighted by Crippen LogP contribution is -2.12. The molecule has 0 radical (unpaired) electrons. The summed E-state index contributed by atoms with van der Waals surface area (Å²) in [6, 6.07) is 10.6. The minimum absolute atomic E-state index is 0.565. The van der Waals surface area contributed by atoms with E-state index in [0.29, 0.717) is 19.8 Å².